The molecule has 21 N–H and O–H groups in total. The Morgan fingerprint density at radius 3 is 1.73 bits per heavy atom. The maximum absolute atomic E-state index is 15.5. The topological polar surface area (TPSA) is 606 Å². The summed E-state index contributed by atoms with van der Waals surface area (Å²) in [7, 11) is 3.90. The lowest BCUT2D eigenvalue weighted by Gasteiger charge is -2.32. The highest BCUT2D eigenvalue weighted by molar-refractivity contribution is 8.00. The fourth-order valence-electron chi connectivity index (χ4n) is 16.1. The summed E-state index contributed by atoms with van der Waals surface area (Å²) in [6.07, 6.45) is 4.23. The molecule has 0 saturated carbocycles. The number of para-hydroxylation sites is 2. The summed E-state index contributed by atoms with van der Waals surface area (Å²) < 4.78 is 0. The third-order valence-corrected chi connectivity index (χ3v) is 24.6. The Kier molecular flexibility index (Phi) is 38.6. The summed E-state index contributed by atoms with van der Waals surface area (Å²) in [5.74, 6) is -19.1. The van der Waals surface area contributed by atoms with Gasteiger partial charge in [0.1, 0.15) is 60.4 Å². The van der Waals surface area contributed by atoms with E-state index in [1.165, 1.54) is 47.5 Å². The number of ketones is 2. The molecule has 3 aromatic heterocycles. The van der Waals surface area contributed by atoms with Gasteiger partial charge in [0.2, 0.25) is 88.6 Å². The quantitative estimate of drug-likeness (QED) is 0.0203. The van der Waals surface area contributed by atoms with Crippen LogP contribution in [0.1, 0.15) is 120 Å². The van der Waals surface area contributed by atoms with E-state index in [1.54, 1.807) is 105 Å². The predicted octanol–water partition coefficient (Wildman–Crippen LogP) is -0.636. The van der Waals surface area contributed by atoms with Gasteiger partial charge in [0, 0.05) is 130 Å². The highest BCUT2D eigenvalue weighted by Crippen LogP contribution is 2.28. The highest BCUT2D eigenvalue weighted by Gasteiger charge is 2.43. The summed E-state index contributed by atoms with van der Waals surface area (Å²) in [6, 6.07) is 15.4. The number of benzene rings is 4. The molecule has 13 atom stereocenters. The molecule has 714 valence electrons. The summed E-state index contributed by atoms with van der Waals surface area (Å²) in [6.45, 7) is 3.78. The summed E-state index contributed by atoms with van der Waals surface area (Å²) >= 11 is 0.791. The Morgan fingerprint density at radius 1 is 0.549 bits per heavy atom. The van der Waals surface area contributed by atoms with E-state index in [0.29, 0.717) is 57.0 Å². The molecule has 2 aliphatic rings. The molecule has 0 unspecified atom stereocenters. The number of aryl methyl sites for hydroxylation is 1. The van der Waals surface area contributed by atoms with Crippen molar-refractivity contribution in [2.75, 3.05) is 65.4 Å². The number of carbonyl (C=O) groups excluding carboxylic acids is 17. The van der Waals surface area contributed by atoms with Crippen LogP contribution in [0.2, 0.25) is 0 Å². The molecule has 2 fully saturated rings. The van der Waals surface area contributed by atoms with E-state index in [2.05, 4.69) is 73.1 Å². The lowest BCUT2D eigenvalue weighted by Crippen LogP contribution is -2.60. The number of likely N-dealkylation sites (N-methyl/N-ethyl adjacent to an activating group) is 3. The zero-order chi connectivity index (χ0) is 96.7. The number of nitrogens with two attached hydrogens (primary N) is 3. The van der Waals surface area contributed by atoms with Gasteiger partial charge in [0.15, 0.2) is 17.5 Å². The molecular weight excluding hydrogens is 1730 g/mol. The molecule has 0 spiro atoms. The second-order valence-corrected chi connectivity index (χ2v) is 35.2. The summed E-state index contributed by atoms with van der Waals surface area (Å²) in [4.78, 5) is 265. The number of thioether (sulfide) groups is 1. The van der Waals surface area contributed by atoms with Crippen molar-refractivity contribution in [3.63, 3.8) is 0 Å². The van der Waals surface area contributed by atoms with Gasteiger partial charge in [-0.25, -0.2) is 4.98 Å². The second-order valence-electron chi connectivity index (χ2n) is 34.1. The van der Waals surface area contributed by atoms with E-state index >= 15 is 19.2 Å². The molecular formula is C92H122N22O18S. The van der Waals surface area contributed by atoms with Crippen LogP contribution in [-0.2, 0) is 114 Å². The number of aromatic nitrogens is 4. The number of H-pyrrole nitrogens is 3. The number of aliphatic hydroxyl groups is 1. The van der Waals surface area contributed by atoms with Crippen LogP contribution in [0.15, 0.2) is 134 Å². The number of fused-ring (bicyclic) bond motifs is 3. The van der Waals surface area contributed by atoms with Gasteiger partial charge in [0.05, 0.1) is 44.2 Å². The van der Waals surface area contributed by atoms with Crippen LogP contribution < -0.4 is 70.4 Å². The zero-order valence-electron chi connectivity index (χ0n) is 75.6. The van der Waals surface area contributed by atoms with Gasteiger partial charge >= 0.3 is 0 Å². The third kappa shape index (κ3) is 30.4. The minimum Gasteiger partial charge on any atom is -0.394 e. The van der Waals surface area contributed by atoms with Gasteiger partial charge in [-0.3, -0.25) is 86.9 Å². The average Bonchev–Trinajstić information content (AvgIpc) is 1.78. The molecule has 0 aliphatic carbocycles. The van der Waals surface area contributed by atoms with E-state index in [-0.39, 0.29) is 83.2 Å². The van der Waals surface area contributed by atoms with Crippen LogP contribution in [0.4, 0.5) is 0 Å². The number of aromatic amines is 3. The van der Waals surface area contributed by atoms with Crippen molar-refractivity contribution in [2.24, 2.45) is 35.0 Å². The van der Waals surface area contributed by atoms with Crippen LogP contribution in [0.5, 0.6) is 0 Å². The first kappa shape index (κ1) is 103. The van der Waals surface area contributed by atoms with Crippen LogP contribution in [0.3, 0.4) is 0 Å². The average molecular weight is 1860 g/mol. The molecule has 15 amide bonds. The summed E-state index contributed by atoms with van der Waals surface area (Å²) in [5.41, 5.74) is 21.0. The Morgan fingerprint density at radius 2 is 1.12 bits per heavy atom. The normalized spacial score (nSPS) is 23.4. The van der Waals surface area contributed by atoms with Crippen LogP contribution >= 0.6 is 11.8 Å². The standard InChI is InChI=1S/C92H122N22O18S/c1-52(2)35-70-89(130)111(5)47-62(116)38-58(37-59-43-99-65-29-16-14-27-63(59)65)82(123)109-73(48-115)86(127)105-68(39-60-44-100-66-30-17-15-28-64(60)66)76(117)40-57(26-18-25-55-21-10-8-11-22-55)88(129)112(6)53(3)80(121)104-67(31-19-33-98-92(95)96)84(125)110-74(83(124)101-46-78(94)119)49-133-50-79(120)103-71(36-56-23-12-9-13-24-56)90(131)113(7)54(4)81(122)107-72(42-77(93)118)91(132)114-34-20-32-75(114)87(128)106-69(85(126)108-70)41-61-45-97-51-102-61/h8-17,21-24,27-30,43-45,51-54,57-58,67-75,99-100,115H,18-20,25-26,31-42,46-50H2,1-7H3,(H2,93,118)(H2,94,119)(H,97,102)(H,101,124)(H,103,120)(H,104,121)(H,105,127)(H,106,128)(H,107,122)(H,108,126)(H,109,123)(H,110,125)(H4,95,96,98)/t53-,54-,57+,58+,67-,68-,69-,70-,71-,72-,73-,74-,75-/m0/s1. The first-order valence-electron chi connectivity index (χ1n) is 44.3. The third-order valence-electron chi connectivity index (χ3n) is 23.6. The zero-order valence-corrected chi connectivity index (χ0v) is 76.4. The second kappa shape index (κ2) is 50.0. The predicted molar refractivity (Wildman–Crippen MR) is 493 cm³/mol. The fraction of sp³-hybridized carbons (Fsp3) is 0.467. The number of aliphatic hydroxyl groups excluding tert-OH is 1. The van der Waals surface area contributed by atoms with E-state index in [1.807, 2.05) is 30.3 Å². The van der Waals surface area contributed by atoms with Crippen molar-refractivity contribution in [2.45, 2.75) is 190 Å². The van der Waals surface area contributed by atoms with Gasteiger partial charge in [-0.2, -0.15) is 0 Å². The molecule has 2 aliphatic heterocycles. The Balaban J connectivity index is 1.07. The van der Waals surface area contributed by atoms with Gasteiger partial charge in [0.25, 0.3) is 0 Å². The SMILES string of the molecule is CC(C)C[C@@H]1NC(=O)[C@H](Cc2cnc[nH]2)NC(=O)[C@@H]2CCCN2C(=O)[C@H](CC(N)=O)NC(=O)[C@H](C)N(C)C(=O)[C@H](Cc2ccccc2)NC(=O)CSC[C@@H](C(=O)NCC(N)=O)NC(=O)[C@H](CCCNC(=N)N)NC(=O)[C@H](C)N(C)C(=O)[C@H](CCCc2ccccc2)CC(=O)[C@H](Cc2c[nH]c3ccccc23)NC(=O)[C@H](CO)NC(=O)[C@H](Cc2c[nH]c3ccccc23)CC(=O)CN(C)C1=O. The molecule has 41 heteroatoms. The number of rotatable bonds is 24. The minimum absolute atomic E-state index is 0.000508. The number of guanidine groups is 1. The van der Waals surface area contributed by atoms with Gasteiger partial charge in [-0.05, 0) is 112 Å². The highest BCUT2D eigenvalue weighted by atomic mass is 32.2. The Labute approximate surface area is 773 Å². The van der Waals surface area contributed by atoms with Crippen molar-refractivity contribution in [3.05, 3.63) is 162 Å². The van der Waals surface area contributed by atoms with Crippen molar-refractivity contribution in [1.29, 1.82) is 5.41 Å². The van der Waals surface area contributed by atoms with Crippen LogP contribution in [0, 0.1) is 23.2 Å². The monoisotopic (exact) mass is 1850 g/mol. The number of imidazole rings is 1. The Bertz CT molecular complexity index is 5280. The smallest absolute Gasteiger partial charge is 0.246 e. The lowest BCUT2D eigenvalue weighted by molar-refractivity contribution is -0.145. The minimum atomic E-state index is -1.80. The molecule has 133 heavy (non-hydrogen) atoms. The van der Waals surface area contributed by atoms with E-state index in [0.717, 1.165) is 36.9 Å². The molecule has 40 nitrogen and oxygen atoms in total. The molecule has 9 rings (SSSR count). The Hall–Kier alpha value is -13.9. The van der Waals surface area contributed by atoms with Crippen molar-refractivity contribution in [3.8, 4) is 0 Å². The van der Waals surface area contributed by atoms with Crippen molar-refractivity contribution < 1.29 is 86.6 Å². The summed E-state index contributed by atoms with van der Waals surface area (Å²) in [5, 5.41) is 46.7. The first-order chi connectivity index (χ1) is 63.5. The lowest BCUT2D eigenvalue weighted by atomic mass is 9.89. The number of primary amides is 2. The molecule has 0 radical (unpaired) electrons. The molecule has 2 saturated heterocycles. The number of carbonyl (C=O) groups is 17. The maximum atomic E-state index is 15.5. The van der Waals surface area contributed by atoms with Crippen molar-refractivity contribution >= 4 is 140 Å². The largest absolute Gasteiger partial charge is 0.394 e. The first-order valence-corrected chi connectivity index (χ1v) is 45.4. The van der Waals surface area contributed by atoms with Gasteiger partial charge in [-0.1, -0.05) is 111 Å². The van der Waals surface area contributed by atoms with Gasteiger partial charge < -0.3 is 110 Å². The number of amides is 15. The fourth-order valence-corrected chi connectivity index (χ4v) is 17.0. The number of nitrogens with one attached hydrogen (secondary N) is 14. The van der Waals surface area contributed by atoms with E-state index in [9.17, 15) is 67.4 Å². The van der Waals surface area contributed by atoms with E-state index < -0.39 is 235 Å². The van der Waals surface area contributed by atoms with E-state index in [4.69, 9.17) is 22.6 Å². The molecule has 7 aromatic rings. The number of Topliss-reactive ketones (excluding diaryl/α,β-unsaturated/α-hetero) is 2. The molecule has 5 heterocycles. The number of hydrogen-bond acceptors (Lipinski definition) is 21. The maximum Gasteiger partial charge on any atom is 0.246 e. The number of hydrogen-bond donors (Lipinski definition) is 18. The number of nitrogens with zero attached hydrogens (tertiary/aromatic N) is 5. The van der Waals surface area contributed by atoms with Crippen LogP contribution in [0.25, 0.3) is 21.8 Å². The van der Waals surface area contributed by atoms with Crippen molar-refractivity contribution in [1.82, 2.24) is 92.7 Å². The van der Waals surface area contributed by atoms with Crippen LogP contribution in [-0.4, -0.2) is 283 Å². The molecule has 4 aromatic carbocycles. The molecule has 0 bridgehead atoms. The van der Waals surface area contributed by atoms with Gasteiger partial charge in [-0.15, -0.1) is 11.8 Å².